The van der Waals surface area contributed by atoms with Crippen molar-refractivity contribution in [1.82, 2.24) is 4.72 Å². The molecule has 2 N–H and O–H groups in total. The molecule has 0 bridgehead atoms. The number of anilines is 1. The number of sulfonamides is 1. The maximum Gasteiger partial charge on any atom is 0.329 e. The van der Waals surface area contributed by atoms with Gasteiger partial charge in [-0.05, 0) is 38.1 Å². The number of nitrogens with one attached hydrogen (secondary N) is 2. The van der Waals surface area contributed by atoms with Crippen LogP contribution in [0.15, 0.2) is 47.4 Å². The van der Waals surface area contributed by atoms with Crippen molar-refractivity contribution in [1.29, 1.82) is 0 Å². The Morgan fingerprint density at radius 3 is 2.34 bits per heavy atom. The molecule has 158 valence electrons. The Kier molecular flexibility index (Phi) is 7.86. The molecule has 29 heavy (non-hydrogen) atoms. The summed E-state index contributed by atoms with van der Waals surface area (Å²) in [7, 11) is -0.772. The zero-order chi connectivity index (χ0) is 21.4. The van der Waals surface area contributed by atoms with Gasteiger partial charge in [-0.25, -0.2) is 17.9 Å². The van der Waals surface area contributed by atoms with Crippen molar-refractivity contribution in [3.05, 3.63) is 48.0 Å². The molecule has 0 radical (unpaired) electrons. The molecule has 2 aromatic rings. The lowest BCUT2D eigenvalue weighted by Gasteiger charge is -2.20. The van der Waals surface area contributed by atoms with E-state index in [-0.39, 0.29) is 18.0 Å². The Labute approximate surface area is 171 Å². The van der Waals surface area contributed by atoms with E-state index in [9.17, 15) is 13.2 Å². The molecule has 8 nitrogen and oxygen atoms in total. The van der Waals surface area contributed by atoms with E-state index in [1.807, 2.05) is 6.92 Å². The minimum Gasteiger partial charge on any atom is -0.497 e. The number of benzene rings is 2. The lowest BCUT2D eigenvalue weighted by molar-refractivity contribution is -0.143. The lowest BCUT2D eigenvalue weighted by Crippen LogP contribution is -2.42. The largest absolute Gasteiger partial charge is 0.497 e. The van der Waals surface area contributed by atoms with E-state index < -0.39 is 22.0 Å². The summed E-state index contributed by atoms with van der Waals surface area (Å²) >= 11 is 0. The quantitative estimate of drug-likeness (QED) is 0.567. The zero-order valence-electron chi connectivity index (χ0n) is 16.9. The number of hydrogen-bond acceptors (Lipinski definition) is 7. The minimum absolute atomic E-state index is 0.118. The molecule has 0 aromatic heterocycles. The molecule has 1 unspecified atom stereocenters. The van der Waals surface area contributed by atoms with Gasteiger partial charge in [-0.2, -0.15) is 0 Å². The normalized spacial score (nSPS) is 12.1. The summed E-state index contributed by atoms with van der Waals surface area (Å²) in [5.41, 5.74) is 1.45. The molecular formula is C20H26N2O6S. The van der Waals surface area contributed by atoms with Gasteiger partial charge in [0.05, 0.1) is 31.4 Å². The molecule has 2 rings (SSSR count). The Balaban J connectivity index is 2.20. The van der Waals surface area contributed by atoms with Gasteiger partial charge in [-0.15, -0.1) is 0 Å². The van der Waals surface area contributed by atoms with Crippen molar-refractivity contribution in [3.63, 3.8) is 0 Å². The second kappa shape index (κ2) is 10.1. The first-order valence-corrected chi connectivity index (χ1v) is 10.5. The number of esters is 1. The second-order valence-corrected chi connectivity index (χ2v) is 7.95. The molecule has 0 fully saturated rings. The van der Waals surface area contributed by atoms with E-state index in [4.69, 9.17) is 14.2 Å². The van der Waals surface area contributed by atoms with Gasteiger partial charge in [-0.1, -0.05) is 17.7 Å². The van der Waals surface area contributed by atoms with Crippen molar-refractivity contribution >= 4 is 21.7 Å². The van der Waals surface area contributed by atoms with E-state index >= 15 is 0 Å². The van der Waals surface area contributed by atoms with Gasteiger partial charge >= 0.3 is 5.97 Å². The zero-order valence-corrected chi connectivity index (χ0v) is 17.7. The molecule has 9 heteroatoms. The average Bonchev–Trinajstić information content (AvgIpc) is 2.71. The van der Waals surface area contributed by atoms with Crippen LogP contribution in [0.1, 0.15) is 12.5 Å². The number of carbonyl (C=O) groups excluding carboxylic acids is 1. The van der Waals surface area contributed by atoms with Crippen molar-refractivity contribution in [2.45, 2.75) is 24.8 Å². The van der Waals surface area contributed by atoms with Gasteiger partial charge < -0.3 is 19.5 Å². The summed E-state index contributed by atoms with van der Waals surface area (Å²) in [5.74, 6) is 0.442. The molecule has 0 aliphatic rings. The molecule has 0 amide bonds. The Morgan fingerprint density at radius 2 is 1.76 bits per heavy atom. The highest BCUT2D eigenvalue weighted by Gasteiger charge is 2.24. The van der Waals surface area contributed by atoms with E-state index in [0.29, 0.717) is 17.2 Å². The maximum absolute atomic E-state index is 12.6. The number of methoxy groups -OCH3 is 2. The first-order chi connectivity index (χ1) is 13.8. The Hall–Kier alpha value is -2.78. The molecule has 0 saturated carbocycles. The summed E-state index contributed by atoms with van der Waals surface area (Å²) < 4.78 is 43.1. The Bertz CT molecular complexity index is 928. The number of rotatable bonds is 10. The predicted molar refractivity (Wildman–Crippen MR) is 110 cm³/mol. The van der Waals surface area contributed by atoms with Gasteiger partial charge in [0.15, 0.2) is 0 Å². The molecule has 0 aliphatic heterocycles. The van der Waals surface area contributed by atoms with Crippen molar-refractivity contribution in [2.75, 3.05) is 32.7 Å². The highest BCUT2D eigenvalue weighted by atomic mass is 32.2. The number of aryl methyl sites for hydroxylation is 1. The monoisotopic (exact) mass is 422 g/mol. The number of hydrogen-bond donors (Lipinski definition) is 2. The summed E-state index contributed by atoms with van der Waals surface area (Å²) in [6.07, 6.45) is 0. The summed E-state index contributed by atoms with van der Waals surface area (Å²) in [6.45, 7) is 3.51. The average molecular weight is 423 g/mol. The van der Waals surface area contributed by atoms with Gasteiger partial charge in [0, 0.05) is 12.6 Å². The topological polar surface area (TPSA) is 103 Å². The minimum atomic E-state index is -3.79. The molecule has 0 saturated heterocycles. The van der Waals surface area contributed by atoms with Gasteiger partial charge in [0.2, 0.25) is 10.0 Å². The van der Waals surface area contributed by atoms with Crippen LogP contribution in [-0.2, 0) is 19.6 Å². The standard InChI is InChI=1S/C20H26N2O6S/c1-5-28-20(23)18(22-17-11-8-15(26-3)12-19(17)27-4)13-21-29(24,25)16-9-6-14(2)7-10-16/h6-12,18,21-22H,5,13H2,1-4H3. The predicted octanol–water partition coefficient (Wildman–Crippen LogP) is 2.33. The van der Waals surface area contributed by atoms with Gasteiger partial charge in [0.25, 0.3) is 0 Å². The van der Waals surface area contributed by atoms with E-state index in [1.165, 1.54) is 26.4 Å². The van der Waals surface area contributed by atoms with Crippen LogP contribution in [0.4, 0.5) is 5.69 Å². The van der Waals surface area contributed by atoms with Gasteiger partial charge in [-0.3, -0.25) is 0 Å². The fourth-order valence-electron chi connectivity index (χ4n) is 2.54. The molecule has 1 atom stereocenters. The fraction of sp³-hybridized carbons (Fsp3) is 0.350. The third kappa shape index (κ3) is 6.10. The second-order valence-electron chi connectivity index (χ2n) is 6.18. The smallest absolute Gasteiger partial charge is 0.329 e. The van der Waals surface area contributed by atoms with Crippen LogP contribution >= 0.6 is 0 Å². The van der Waals surface area contributed by atoms with Crippen LogP contribution in [0.25, 0.3) is 0 Å². The summed E-state index contributed by atoms with van der Waals surface area (Å²) in [4.78, 5) is 12.5. The lowest BCUT2D eigenvalue weighted by atomic mass is 10.2. The van der Waals surface area contributed by atoms with Crippen molar-refractivity contribution < 1.29 is 27.4 Å². The number of carbonyl (C=O) groups is 1. The van der Waals surface area contributed by atoms with E-state index in [1.54, 1.807) is 37.3 Å². The maximum atomic E-state index is 12.6. The van der Waals surface area contributed by atoms with Crippen molar-refractivity contribution in [3.8, 4) is 11.5 Å². The van der Waals surface area contributed by atoms with Gasteiger partial charge in [0.1, 0.15) is 17.5 Å². The van der Waals surface area contributed by atoms with Crippen LogP contribution in [0.5, 0.6) is 11.5 Å². The molecular weight excluding hydrogens is 396 g/mol. The van der Waals surface area contributed by atoms with Crippen LogP contribution < -0.4 is 19.5 Å². The van der Waals surface area contributed by atoms with Crippen molar-refractivity contribution in [2.24, 2.45) is 0 Å². The first kappa shape index (κ1) is 22.5. The molecule has 0 heterocycles. The molecule has 0 spiro atoms. The van der Waals surface area contributed by atoms with Crippen LogP contribution in [0.3, 0.4) is 0 Å². The van der Waals surface area contributed by atoms with Crippen LogP contribution in [0, 0.1) is 6.92 Å². The first-order valence-electron chi connectivity index (χ1n) is 9.02. The number of ether oxygens (including phenoxy) is 3. The SMILES string of the molecule is CCOC(=O)C(CNS(=O)(=O)c1ccc(C)cc1)Nc1ccc(OC)cc1OC. The van der Waals surface area contributed by atoms with Crippen LogP contribution in [0.2, 0.25) is 0 Å². The molecule has 2 aromatic carbocycles. The summed E-state index contributed by atoms with van der Waals surface area (Å²) in [6, 6.07) is 10.5. The van der Waals surface area contributed by atoms with E-state index in [0.717, 1.165) is 5.56 Å². The fourth-order valence-corrected chi connectivity index (χ4v) is 3.58. The third-order valence-electron chi connectivity index (χ3n) is 4.12. The van der Waals surface area contributed by atoms with E-state index in [2.05, 4.69) is 10.0 Å². The highest BCUT2D eigenvalue weighted by molar-refractivity contribution is 7.89. The third-order valence-corrected chi connectivity index (χ3v) is 5.56. The highest BCUT2D eigenvalue weighted by Crippen LogP contribution is 2.29. The summed E-state index contributed by atoms with van der Waals surface area (Å²) in [5, 5.41) is 2.99. The van der Waals surface area contributed by atoms with Crippen LogP contribution in [-0.4, -0.2) is 47.8 Å². The molecule has 0 aliphatic carbocycles. The Morgan fingerprint density at radius 1 is 1.07 bits per heavy atom.